The van der Waals surface area contributed by atoms with Crippen molar-refractivity contribution in [2.45, 2.75) is 39.2 Å². The highest BCUT2D eigenvalue weighted by molar-refractivity contribution is 5.80. The third-order valence-corrected chi connectivity index (χ3v) is 5.64. The van der Waals surface area contributed by atoms with E-state index in [0.29, 0.717) is 11.9 Å². The average molecular weight is 279 g/mol. The third-order valence-electron chi connectivity index (χ3n) is 5.64. The van der Waals surface area contributed by atoms with E-state index >= 15 is 0 Å². The summed E-state index contributed by atoms with van der Waals surface area (Å²) in [6, 6.07) is 0.625. The lowest BCUT2D eigenvalue weighted by Crippen LogP contribution is -2.52. The number of hydrogen-bond acceptors (Lipinski definition) is 3. The van der Waals surface area contributed by atoms with Gasteiger partial charge >= 0.3 is 0 Å². The molecule has 3 fully saturated rings. The van der Waals surface area contributed by atoms with Crippen LogP contribution < -0.4 is 5.32 Å². The minimum absolute atomic E-state index is 0.264. The molecule has 1 atom stereocenters. The zero-order valence-electron chi connectivity index (χ0n) is 13.0. The van der Waals surface area contributed by atoms with Crippen LogP contribution in [0.25, 0.3) is 0 Å². The predicted molar refractivity (Wildman–Crippen MR) is 80.5 cm³/mol. The minimum Gasteiger partial charge on any atom is -0.341 e. The number of nitrogens with one attached hydrogen (secondary N) is 1. The quantitative estimate of drug-likeness (QED) is 0.842. The zero-order chi connectivity index (χ0) is 14.1. The predicted octanol–water partition coefficient (Wildman–Crippen LogP) is 1.17. The fourth-order valence-electron chi connectivity index (χ4n) is 3.91. The molecule has 0 aliphatic carbocycles. The van der Waals surface area contributed by atoms with Crippen LogP contribution >= 0.6 is 0 Å². The van der Waals surface area contributed by atoms with Crippen LogP contribution in [0.15, 0.2) is 0 Å². The topological polar surface area (TPSA) is 35.6 Å². The second kappa shape index (κ2) is 6.02. The van der Waals surface area contributed by atoms with Gasteiger partial charge in [-0.3, -0.25) is 9.69 Å². The van der Waals surface area contributed by atoms with Gasteiger partial charge in [-0.15, -0.1) is 0 Å². The molecule has 3 heterocycles. The summed E-state index contributed by atoms with van der Waals surface area (Å²) in [6.45, 7) is 10.9. The fourth-order valence-corrected chi connectivity index (χ4v) is 3.91. The lowest BCUT2D eigenvalue weighted by atomic mass is 9.86. The zero-order valence-corrected chi connectivity index (χ0v) is 13.0. The van der Waals surface area contributed by atoms with Crippen molar-refractivity contribution in [1.82, 2.24) is 15.1 Å². The first-order valence-electron chi connectivity index (χ1n) is 8.38. The Hall–Kier alpha value is -0.610. The SMILES string of the molecule is CC(C)C1CCN([C@H]2CCN(C(=O)C3CNC3)C2)CC1. The molecule has 1 N–H and O–H groups in total. The van der Waals surface area contributed by atoms with Gasteiger partial charge in [0, 0.05) is 32.2 Å². The van der Waals surface area contributed by atoms with Crippen molar-refractivity contribution < 1.29 is 4.79 Å². The molecule has 3 aliphatic heterocycles. The molecule has 4 heteroatoms. The number of likely N-dealkylation sites (tertiary alicyclic amines) is 2. The smallest absolute Gasteiger partial charge is 0.228 e. The third kappa shape index (κ3) is 2.86. The highest BCUT2D eigenvalue weighted by atomic mass is 16.2. The summed E-state index contributed by atoms with van der Waals surface area (Å²) in [5.41, 5.74) is 0. The highest BCUT2D eigenvalue weighted by Crippen LogP contribution is 2.28. The maximum atomic E-state index is 12.3. The summed E-state index contributed by atoms with van der Waals surface area (Å²) >= 11 is 0. The average Bonchev–Trinajstić information content (AvgIpc) is 2.86. The van der Waals surface area contributed by atoms with Crippen LogP contribution in [-0.4, -0.2) is 61.0 Å². The number of piperidine rings is 1. The van der Waals surface area contributed by atoms with Crippen LogP contribution in [0.3, 0.4) is 0 Å². The number of carbonyl (C=O) groups excluding carboxylic acids is 1. The van der Waals surface area contributed by atoms with E-state index in [1.165, 1.54) is 32.4 Å². The van der Waals surface area contributed by atoms with Crippen molar-refractivity contribution in [3.63, 3.8) is 0 Å². The largest absolute Gasteiger partial charge is 0.341 e. The van der Waals surface area contributed by atoms with E-state index < -0.39 is 0 Å². The molecule has 4 nitrogen and oxygen atoms in total. The Morgan fingerprint density at radius 2 is 1.80 bits per heavy atom. The van der Waals surface area contributed by atoms with Crippen molar-refractivity contribution in [2.24, 2.45) is 17.8 Å². The van der Waals surface area contributed by atoms with Gasteiger partial charge in [0.15, 0.2) is 0 Å². The van der Waals surface area contributed by atoms with E-state index in [9.17, 15) is 4.79 Å². The molecule has 0 aromatic heterocycles. The molecule has 1 amide bonds. The van der Waals surface area contributed by atoms with Gasteiger partial charge in [-0.25, -0.2) is 0 Å². The van der Waals surface area contributed by atoms with Gasteiger partial charge < -0.3 is 10.2 Å². The van der Waals surface area contributed by atoms with E-state index in [1.807, 2.05) is 0 Å². The Bertz CT molecular complexity index is 346. The molecule has 3 saturated heterocycles. The minimum atomic E-state index is 0.264. The number of nitrogens with zero attached hydrogens (tertiary/aromatic N) is 2. The number of carbonyl (C=O) groups is 1. The maximum absolute atomic E-state index is 12.3. The summed E-state index contributed by atoms with van der Waals surface area (Å²) in [5, 5.41) is 3.20. The highest BCUT2D eigenvalue weighted by Gasteiger charge is 2.36. The molecule has 0 saturated carbocycles. The van der Waals surface area contributed by atoms with E-state index in [0.717, 1.165) is 38.0 Å². The Morgan fingerprint density at radius 1 is 1.10 bits per heavy atom. The lowest BCUT2D eigenvalue weighted by Gasteiger charge is -2.37. The first-order chi connectivity index (χ1) is 9.65. The monoisotopic (exact) mass is 279 g/mol. The molecule has 114 valence electrons. The van der Waals surface area contributed by atoms with Crippen LogP contribution in [0.2, 0.25) is 0 Å². The second-order valence-corrected chi connectivity index (χ2v) is 7.20. The molecular weight excluding hydrogens is 250 g/mol. The van der Waals surface area contributed by atoms with E-state index in [4.69, 9.17) is 0 Å². The van der Waals surface area contributed by atoms with Crippen molar-refractivity contribution in [3.8, 4) is 0 Å². The summed E-state index contributed by atoms with van der Waals surface area (Å²) in [6.07, 6.45) is 3.86. The van der Waals surface area contributed by atoms with Crippen LogP contribution in [0.5, 0.6) is 0 Å². The van der Waals surface area contributed by atoms with E-state index in [-0.39, 0.29) is 5.92 Å². The van der Waals surface area contributed by atoms with Gasteiger partial charge in [0.05, 0.1) is 5.92 Å². The fraction of sp³-hybridized carbons (Fsp3) is 0.938. The standard InChI is InChI=1S/C16H29N3O/c1-12(2)13-3-6-18(7-4-13)15-5-8-19(11-15)16(20)14-9-17-10-14/h12-15,17H,3-11H2,1-2H3/t15-/m0/s1. The first-order valence-corrected chi connectivity index (χ1v) is 8.38. The second-order valence-electron chi connectivity index (χ2n) is 7.20. The molecule has 0 bridgehead atoms. The Balaban J connectivity index is 1.47. The molecule has 3 aliphatic rings. The summed E-state index contributed by atoms with van der Waals surface area (Å²) in [5.74, 6) is 2.39. The van der Waals surface area contributed by atoms with Gasteiger partial charge in [-0.1, -0.05) is 13.8 Å². The van der Waals surface area contributed by atoms with Gasteiger partial charge in [-0.05, 0) is 44.2 Å². The molecule has 20 heavy (non-hydrogen) atoms. The van der Waals surface area contributed by atoms with Crippen LogP contribution in [0, 0.1) is 17.8 Å². The number of rotatable bonds is 3. The molecule has 0 spiro atoms. The summed E-state index contributed by atoms with van der Waals surface area (Å²) in [4.78, 5) is 17.0. The molecular formula is C16H29N3O. The van der Waals surface area contributed by atoms with Crippen molar-refractivity contribution in [3.05, 3.63) is 0 Å². The van der Waals surface area contributed by atoms with Gasteiger partial charge in [0.1, 0.15) is 0 Å². The molecule has 3 rings (SSSR count). The van der Waals surface area contributed by atoms with Crippen LogP contribution in [-0.2, 0) is 4.79 Å². The van der Waals surface area contributed by atoms with Crippen molar-refractivity contribution in [2.75, 3.05) is 39.3 Å². The molecule has 0 aromatic rings. The Morgan fingerprint density at radius 3 is 2.35 bits per heavy atom. The Kier molecular flexibility index (Phi) is 4.32. The summed E-state index contributed by atoms with van der Waals surface area (Å²) in [7, 11) is 0. The molecule has 0 aromatic carbocycles. The van der Waals surface area contributed by atoms with Crippen molar-refractivity contribution >= 4 is 5.91 Å². The van der Waals surface area contributed by atoms with Crippen LogP contribution in [0.1, 0.15) is 33.1 Å². The lowest BCUT2D eigenvalue weighted by molar-refractivity contribution is -0.136. The molecule has 0 radical (unpaired) electrons. The number of amides is 1. The first kappa shape index (κ1) is 14.3. The number of hydrogen-bond donors (Lipinski definition) is 1. The molecule has 0 unspecified atom stereocenters. The normalized spacial score (nSPS) is 29.9. The van der Waals surface area contributed by atoms with E-state index in [2.05, 4.69) is 29.0 Å². The maximum Gasteiger partial charge on any atom is 0.228 e. The van der Waals surface area contributed by atoms with Crippen LogP contribution in [0.4, 0.5) is 0 Å². The van der Waals surface area contributed by atoms with E-state index in [1.54, 1.807) is 0 Å². The Labute approximate surface area is 122 Å². The summed E-state index contributed by atoms with van der Waals surface area (Å²) < 4.78 is 0. The van der Waals surface area contributed by atoms with Gasteiger partial charge in [0.2, 0.25) is 5.91 Å². The van der Waals surface area contributed by atoms with Crippen molar-refractivity contribution in [1.29, 1.82) is 0 Å². The van der Waals surface area contributed by atoms with Gasteiger partial charge in [0.25, 0.3) is 0 Å². The van der Waals surface area contributed by atoms with Gasteiger partial charge in [-0.2, -0.15) is 0 Å².